The molecule has 0 radical (unpaired) electrons. The Labute approximate surface area is 378 Å². The van der Waals surface area contributed by atoms with Crippen molar-refractivity contribution < 1.29 is 16.5 Å². The monoisotopic (exact) mass is 855 g/mol. The molecule has 0 spiro atoms. The molecular formula is C56H96N2Ni. The minimum atomic E-state index is 0. The third-order valence-corrected chi connectivity index (χ3v) is 12.2. The van der Waals surface area contributed by atoms with Gasteiger partial charge in [-0.3, -0.25) is 9.98 Å². The summed E-state index contributed by atoms with van der Waals surface area (Å²) in [6, 6.07) is 14.7. The summed E-state index contributed by atoms with van der Waals surface area (Å²) in [7, 11) is 0. The zero-order chi connectivity index (χ0) is 41.7. The van der Waals surface area contributed by atoms with Crippen LogP contribution in [0.5, 0.6) is 0 Å². The maximum atomic E-state index is 5.65. The van der Waals surface area contributed by atoms with E-state index < -0.39 is 0 Å². The number of nitrogens with zero attached hydrogens (tertiary/aromatic N) is 2. The second kappa shape index (κ2) is 39.1. The van der Waals surface area contributed by atoms with Gasteiger partial charge in [0.1, 0.15) is 0 Å². The predicted octanol–water partition coefficient (Wildman–Crippen LogP) is 19.3. The van der Waals surface area contributed by atoms with Gasteiger partial charge in [-0.05, 0) is 124 Å². The number of aryl methyl sites for hydroxylation is 4. The van der Waals surface area contributed by atoms with Crippen molar-refractivity contribution in [2.75, 3.05) is 0 Å². The minimum Gasteiger partial charge on any atom is -0.252 e. The fourth-order valence-corrected chi connectivity index (χ4v) is 8.53. The van der Waals surface area contributed by atoms with Gasteiger partial charge < -0.3 is 0 Å². The topological polar surface area (TPSA) is 24.7 Å². The first-order valence-corrected chi connectivity index (χ1v) is 26.0. The first-order chi connectivity index (χ1) is 28.6. The largest absolute Gasteiger partial charge is 0.252 e. The predicted molar refractivity (Wildman–Crippen MR) is 264 cm³/mol. The molecule has 0 amide bonds. The van der Waals surface area contributed by atoms with Crippen molar-refractivity contribution in [3.8, 4) is 0 Å². The van der Waals surface area contributed by atoms with Gasteiger partial charge in [0.25, 0.3) is 0 Å². The maximum absolute atomic E-state index is 5.65. The molecule has 2 nitrogen and oxygen atoms in total. The van der Waals surface area contributed by atoms with Crippen LogP contribution in [-0.4, -0.2) is 11.4 Å². The fourth-order valence-electron chi connectivity index (χ4n) is 8.53. The third kappa shape index (κ3) is 28.5. The normalized spacial score (nSPS) is 12.0. The Kier molecular flexibility index (Phi) is 36.7. The second-order valence-electron chi connectivity index (χ2n) is 18.1. The van der Waals surface area contributed by atoms with Gasteiger partial charge in [0.2, 0.25) is 0 Å². The minimum absolute atomic E-state index is 0. The van der Waals surface area contributed by atoms with Crippen molar-refractivity contribution in [1.82, 2.24) is 0 Å². The SMILES string of the molecule is CCCCCCCCCCCCCCCCCCC(=Nc1cc(CCCCC)cc(CCCCC)c1)C(CCCC)=Nc1cc(CCCCC)cc(CCCCC)c1.[Ni]. The summed E-state index contributed by atoms with van der Waals surface area (Å²) >= 11 is 0. The smallest absolute Gasteiger partial charge is 0.0639 e. The number of benzene rings is 2. The van der Waals surface area contributed by atoms with E-state index in [0.717, 1.165) is 44.9 Å². The molecule has 0 aliphatic heterocycles. The van der Waals surface area contributed by atoms with Gasteiger partial charge in [-0.25, -0.2) is 0 Å². The van der Waals surface area contributed by atoms with Gasteiger partial charge in [0, 0.05) is 16.5 Å². The van der Waals surface area contributed by atoms with Crippen LogP contribution in [0.4, 0.5) is 11.4 Å². The second-order valence-corrected chi connectivity index (χ2v) is 18.1. The van der Waals surface area contributed by atoms with Crippen LogP contribution in [0, 0.1) is 0 Å². The number of hydrogen-bond acceptors (Lipinski definition) is 2. The van der Waals surface area contributed by atoms with Crippen LogP contribution in [0.3, 0.4) is 0 Å². The van der Waals surface area contributed by atoms with E-state index in [1.807, 2.05) is 0 Å². The summed E-state index contributed by atoms with van der Waals surface area (Å²) in [4.78, 5) is 11.3. The summed E-state index contributed by atoms with van der Waals surface area (Å²) in [5.74, 6) is 0. The summed E-state index contributed by atoms with van der Waals surface area (Å²) in [5.41, 5.74) is 10.8. The summed E-state index contributed by atoms with van der Waals surface area (Å²) in [6.45, 7) is 13.9. The zero-order valence-electron chi connectivity index (χ0n) is 40.1. The Morgan fingerprint density at radius 1 is 0.288 bits per heavy atom. The van der Waals surface area contributed by atoms with E-state index >= 15 is 0 Å². The van der Waals surface area contributed by atoms with E-state index in [2.05, 4.69) is 77.9 Å². The van der Waals surface area contributed by atoms with Gasteiger partial charge in [-0.15, -0.1) is 0 Å². The van der Waals surface area contributed by atoms with Crippen LogP contribution < -0.4 is 0 Å². The summed E-state index contributed by atoms with van der Waals surface area (Å²) in [5, 5.41) is 0. The molecule has 0 unspecified atom stereocenters. The van der Waals surface area contributed by atoms with Crippen molar-refractivity contribution in [3.05, 3.63) is 58.7 Å². The molecule has 0 atom stereocenters. The molecule has 0 fully saturated rings. The molecule has 0 saturated heterocycles. The molecule has 0 N–H and O–H groups in total. The summed E-state index contributed by atoms with van der Waals surface area (Å²) < 4.78 is 0. The molecule has 2 rings (SSSR count). The average Bonchev–Trinajstić information content (AvgIpc) is 3.22. The molecule has 2 aromatic rings. The molecule has 59 heavy (non-hydrogen) atoms. The van der Waals surface area contributed by atoms with E-state index in [1.165, 1.54) is 231 Å². The molecular weight excluding hydrogens is 759 g/mol. The van der Waals surface area contributed by atoms with Crippen LogP contribution in [0.25, 0.3) is 0 Å². The third-order valence-electron chi connectivity index (χ3n) is 12.2. The Morgan fingerprint density at radius 2 is 0.525 bits per heavy atom. The summed E-state index contributed by atoms with van der Waals surface area (Å²) in [6.07, 6.45) is 46.8. The van der Waals surface area contributed by atoms with Crippen LogP contribution in [0.2, 0.25) is 0 Å². The van der Waals surface area contributed by atoms with Crippen molar-refractivity contribution in [2.24, 2.45) is 9.98 Å². The van der Waals surface area contributed by atoms with E-state index in [4.69, 9.17) is 9.98 Å². The van der Waals surface area contributed by atoms with Gasteiger partial charge in [0.15, 0.2) is 0 Å². The fraction of sp³-hybridized carbons (Fsp3) is 0.750. The molecule has 340 valence electrons. The molecule has 2 aromatic carbocycles. The van der Waals surface area contributed by atoms with Crippen molar-refractivity contribution in [2.45, 2.75) is 273 Å². The number of hydrogen-bond donors (Lipinski definition) is 0. The van der Waals surface area contributed by atoms with Crippen LogP contribution in [-0.2, 0) is 42.2 Å². The Balaban J connectivity index is 0.0000174. The van der Waals surface area contributed by atoms with E-state index in [-0.39, 0.29) is 16.5 Å². The number of aliphatic imine (C=N–C) groups is 2. The van der Waals surface area contributed by atoms with E-state index in [0.29, 0.717) is 0 Å². The van der Waals surface area contributed by atoms with Gasteiger partial charge in [-0.2, -0.15) is 0 Å². The van der Waals surface area contributed by atoms with Gasteiger partial charge in [-0.1, -0.05) is 208 Å². The quantitative estimate of drug-likeness (QED) is 0.0364. The molecule has 0 aliphatic rings. The Bertz CT molecular complexity index is 1270. The van der Waals surface area contributed by atoms with E-state index in [1.54, 1.807) is 0 Å². The van der Waals surface area contributed by atoms with Gasteiger partial charge in [0.05, 0.1) is 22.8 Å². The number of unbranched alkanes of at least 4 members (excludes halogenated alkanes) is 24. The van der Waals surface area contributed by atoms with Gasteiger partial charge >= 0.3 is 0 Å². The van der Waals surface area contributed by atoms with E-state index in [9.17, 15) is 0 Å². The first kappa shape index (κ1) is 55.3. The van der Waals surface area contributed by atoms with Crippen molar-refractivity contribution in [3.63, 3.8) is 0 Å². The van der Waals surface area contributed by atoms with Crippen LogP contribution in [0.15, 0.2) is 46.4 Å². The Morgan fingerprint density at radius 3 is 0.814 bits per heavy atom. The molecule has 0 saturated carbocycles. The van der Waals surface area contributed by atoms with Crippen LogP contribution in [0.1, 0.15) is 269 Å². The van der Waals surface area contributed by atoms with Crippen LogP contribution >= 0.6 is 0 Å². The molecule has 0 bridgehead atoms. The Hall–Kier alpha value is -1.73. The van der Waals surface area contributed by atoms with Crippen molar-refractivity contribution >= 4 is 22.8 Å². The average molecular weight is 856 g/mol. The first-order valence-electron chi connectivity index (χ1n) is 26.0. The molecule has 0 aromatic heterocycles. The standard InChI is InChI=1S/C56H96N2.Ni/c1-7-13-19-20-21-22-23-24-25-26-27-28-29-30-31-36-42-56(58-54-47-51(39-34-16-10-4)44-52(48-54)40-35-17-11-5)55(41-18-12-6)57-53-45-49(37-32-14-8-2)43-50(46-53)38-33-15-9-3;/h43-48H,7-42H2,1-6H3;. The number of rotatable bonds is 39. The molecule has 3 heteroatoms. The maximum Gasteiger partial charge on any atom is 0.0639 e. The van der Waals surface area contributed by atoms with Crippen molar-refractivity contribution in [1.29, 1.82) is 0 Å². The zero-order valence-corrected chi connectivity index (χ0v) is 41.1. The molecule has 0 aliphatic carbocycles. The molecule has 0 heterocycles.